The van der Waals surface area contributed by atoms with Gasteiger partial charge in [0.1, 0.15) is 0 Å². The van der Waals surface area contributed by atoms with Gasteiger partial charge in [0.15, 0.2) is 5.69 Å². The summed E-state index contributed by atoms with van der Waals surface area (Å²) in [6.45, 7) is 3.28. The third-order valence-corrected chi connectivity index (χ3v) is 4.58. The first kappa shape index (κ1) is 12.5. The van der Waals surface area contributed by atoms with Crippen molar-refractivity contribution in [3.63, 3.8) is 0 Å². The molecule has 0 amide bonds. The summed E-state index contributed by atoms with van der Waals surface area (Å²) in [5.74, 6) is -0.485. The molecule has 2 rings (SSSR count). The van der Waals surface area contributed by atoms with Crippen molar-refractivity contribution in [2.75, 3.05) is 13.6 Å². The molecule has 2 unspecified atom stereocenters. The number of thiazole rings is 1. The monoisotopic (exact) mass is 254 g/mol. The smallest absolute Gasteiger partial charge is 0.355 e. The fourth-order valence-corrected chi connectivity index (χ4v) is 3.39. The highest BCUT2D eigenvalue weighted by Crippen LogP contribution is 2.33. The molecule has 0 saturated carbocycles. The summed E-state index contributed by atoms with van der Waals surface area (Å²) < 4.78 is 0. The van der Waals surface area contributed by atoms with Crippen LogP contribution in [-0.4, -0.2) is 40.6 Å². The van der Waals surface area contributed by atoms with E-state index in [1.54, 1.807) is 5.38 Å². The molecule has 2 heterocycles. The Morgan fingerprint density at radius 2 is 2.47 bits per heavy atom. The molecule has 5 heteroatoms. The number of hydrogen-bond donors (Lipinski definition) is 1. The van der Waals surface area contributed by atoms with E-state index >= 15 is 0 Å². The minimum atomic E-state index is -0.924. The lowest BCUT2D eigenvalue weighted by Crippen LogP contribution is -2.38. The molecule has 1 aliphatic rings. The van der Waals surface area contributed by atoms with Gasteiger partial charge in [-0.15, -0.1) is 11.3 Å². The van der Waals surface area contributed by atoms with Crippen LogP contribution in [0.1, 0.15) is 47.6 Å². The van der Waals surface area contributed by atoms with Crippen molar-refractivity contribution in [1.82, 2.24) is 9.88 Å². The minimum Gasteiger partial charge on any atom is -0.476 e. The number of likely N-dealkylation sites (tertiary alicyclic amines) is 1. The Morgan fingerprint density at radius 1 is 1.71 bits per heavy atom. The molecule has 1 saturated heterocycles. The van der Waals surface area contributed by atoms with Crippen molar-refractivity contribution in [2.24, 2.45) is 0 Å². The Morgan fingerprint density at radius 3 is 3.06 bits per heavy atom. The standard InChI is InChI=1S/C12H18N2O2S/c1-3-9-6-8(4-5-14(9)2)11-13-10(7-17-11)12(15)16/h7-9H,3-6H2,1-2H3,(H,15,16). The van der Waals surface area contributed by atoms with Crippen LogP contribution in [0.4, 0.5) is 0 Å². The molecule has 17 heavy (non-hydrogen) atoms. The largest absolute Gasteiger partial charge is 0.476 e. The molecule has 0 radical (unpaired) electrons. The highest BCUT2D eigenvalue weighted by atomic mass is 32.1. The Bertz CT molecular complexity index is 405. The van der Waals surface area contributed by atoms with Crippen LogP contribution in [0.5, 0.6) is 0 Å². The number of rotatable bonds is 3. The summed E-state index contributed by atoms with van der Waals surface area (Å²) >= 11 is 1.49. The van der Waals surface area contributed by atoms with Gasteiger partial charge in [-0.2, -0.15) is 0 Å². The van der Waals surface area contributed by atoms with E-state index in [-0.39, 0.29) is 5.69 Å². The van der Waals surface area contributed by atoms with E-state index in [0.717, 1.165) is 30.8 Å². The Balaban J connectivity index is 2.09. The van der Waals surface area contributed by atoms with Gasteiger partial charge < -0.3 is 10.0 Å². The molecule has 0 aliphatic carbocycles. The number of carbonyl (C=O) groups is 1. The van der Waals surface area contributed by atoms with E-state index in [9.17, 15) is 4.79 Å². The van der Waals surface area contributed by atoms with Crippen LogP contribution < -0.4 is 0 Å². The topological polar surface area (TPSA) is 53.4 Å². The summed E-state index contributed by atoms with van der Waals surface area (Å²) in [6, 6.07) is 0.603. The first-order valence-electron chi connectivity index (χ1n) is 6.00. The molecule has 1 aromatic rings. The molecule has 4 nitrogen and oxygen atoms in total. The average molecular weight is 254 g/mol. The van der Waals surface area contributed by atoms with Gasteiger partial charge in [0, 0.05) is 17.3 Å². The summed E-state index contributed by atoms with van der Waals surface area (Å²) in [6.07, 6.45) is 3.32. The van der Waals surface area contributed by atoms with Gasteiger partial charge in [-0.25, -0.2) is 9.78 Å². The van der Waals surface area contributed by atoms with Crippen molar-refractivity contribution >= 4 is 17.3 Å². The maximum absolute atomic E-state index is 10.8. The summed E-state index contributed by atoms with van der Waals surface area (Å²) in [5.41, 5.74) is 0.192. The van der Waals surface area contributed by atoms with Crippen molar-refractivity contribution in [3.05, 3.63) is 16.1 Å². The molecular weight excluding hydrogens is 236 g/mol. The van der Waals surface area contributed by atoms with Crippen molar-refractivity contribution in [2.45, 2.75) is 38.1 Å². The molecule has 0 aromatic carbocycles. The fraction of sp³-hybridized carbons (Fsp3) is 0.667. The predicted octanol–water partition coefficient (Wildman–Crippen LogP) is 2.43. The maximum atomic E-state index is 10.8. The van der Waals surface area contributed by atoms with Crippen LogP contribution in [0.3, 0.4) is 0 Å². The molecule has 94 valence electrons. The van der Waals surface area contributed by atoms with Crippen molar-refractivity contribution in [1.29, 1.82) is 0 Å². The van der Waals surface area contributed by atoms with Gasteiger partial charge in [0.25, 0.3) is 0 Å². The quantitative estimate of drug-likeness (QED) is 0.900. The van der Waals surface area contributed by atoms with Gasteiger partial charge in [0.05, 0.1) is 5.01 Å². The van der Waals surface area contributed by atoms with Crippen LogP contribution in [0.2, 0.25) is 0 Å². The summed E-state index contributed by atoms with van der Waals surface area (Å²) in [4.78, 5) is 17.4. The molecule has 1 aromatic heterocycles. The first-order valence-corrected chi connectivity index (χ1v) is 6.88. The molecule has 1 fully saturated rings. The third kappa shape index (κ3) is 2.66. The SMILES string of the molecule is CCC1CC(c2nc(C(=O)O)cs2)CCN1C. The Labute approximate surface area is 105 Å². The number of aromatic carboxylic acids is 1. The van der Waals surface area contributed by atoms with Crippen LogP contribution in [0.15, 0.2) is 5.38 Å². The zero-order valence-corrected chi connectivity index (χ0v) is 11.0. The average Bonchev–Trinajstić information content (AvgIpc) is 2.79. The maximum Gasteiger partial charge on any atom is 0.355 e. The highest BCUT2D eigenvalue weighted by Gasteiger charge is 2.28. The fourth-order valence-electron chi connectivity index (χ4n) is 2.44. The van der Waals surface area contributed by atoms with Crippen molar-refractivity contribution < 1.29 is 9.90 Å². The molecule has 0 spiro atoms. The van der Waals surface area contributed by atoms with Crippen LogP contribution in [0, 0.1) is 0 Å². The third-order valence-electron chi connectivity index (χ3n) is 3.57. The van der Waals surface area contributed by atoms with E-state index in [1.165, 1.54) is 11.3 Å². The van der Waals surface area contributed by atoms with Gasteiger partial charge >= 0.3 is 5.97 Å². The van der Waals surface area contributed by atoms with E-state index in [1.807, 2.05) is 0 Å². The summed E-state index contributed by atoms with van der Waals surface area (Å²) in [5, 5.41) is 11.5. The number of carboxylic acid groups (broad SMARTS) is 1. The molecule has 1 aliphatic heterocycles. The van der Waals surface area contributed by atoms with E-state index in [4.69, 9.17) is 5.11 Å². The lowest BCUT2D eigenvalue weighted by molar-refractivity contribution is 0.0691. The van der Waals surface area contributed by atoms with Gasteiger partial charge in [0.2, 0.25) is 0 Å². The highest BCUT2D eigenvalue weighted by molar-refractivity contribution is 7.09. The van der Waals surface area contributed by atoms with Crippen LogP contribution in [-0.2, 0) is 0 Å². The number of hydrogen-bond acceptors (Lipinski definition) is 4. The van der Waals surface area contributed by atoms with E-state index in [0.29, 0.717) is 12.0 Å². The second-order valence-corrected chi connectivity index (χ2v) is 5.53. The molecule has 2 atom stereocenters. The van der Waals surface area contributed by atoms with Crippen molar-refractivity contribution in [3.8, 4) is 0 Å². The Kier molecular flexibility index (Phi) is 3.79. The zero-order valence-electron chi connectivity index (χ0n) is 10.2. The van der Waals surface area contributed by atoms with E-state index < -0.39 is 5.97 Å². The van der Waals surface area contributed by atoms with E-state index in [2.05, 4.69) is 23.9 Å². The Hall–Kier alpha value is -0.940. The van der Waals surface area contributed by atoms with Gasteiger partial charge in [-0.3, -0.25) is 0 Å². The number of carboxylic acids is 1. The van der Waals surface area contributed by atoms with Crippen LogP contribution in [0.25, 0.3) is 0 Å². The lowest BCUT2D eigenvalue weighted by Gasteiger charge is -2.35. The number of aromatic nitrogens is 1. The predicted molar refractivity (Wildman–Crippen MR) is 67.8 cm³/mol. The number of piperidine rings is 1. The summed E-state index contributed by atoms with van der Waals surface area (Å²) in [7, 11) is 2.16. The van der Waals surface area contributed by atoms with Gasteiger partial charge in [-0.05, 0) is 32.9 Å². The van der Waals surface area contributed by atoms with Crippen LogP contribution >= 0.6 is 11.3 Å². The number of nitrogens with zero attached hydrogens (tertiary/aromatic N) is 2. The first-order chi connectivity index (χ1) is 8.11. The van der Waals surface area contributed by atoms with Gasteiger partial charge in [-0.1, -0.05) is 6.92 Å². The second-order valence-electron chi connectivity index (χ2n) is 4.64. The normalized spacial score (nSPS) is 26.0. The second kappa shape index (κ2) is 5.14. The molecule has 1 N–H and O–H groups in total. The molecule has 0 bridgehead atoms. The molecular formula is C12H18N2O2S. The lowest BCUT2D eigenvalue weighted by atomic mass is 9.90. The zero-order chi connectivity index (χ0) is 12.4. The minimum absolute atomic E-state index is 0.192.